The average Bonchev–Trinajstić information content (AvgIpc) is 2.88. The van der Waals surface area contributed by atoms with Gasteiger partial charge in [0.15, 0.2) is 5.82 Å². The van der Waals surface area contributed by atoms with Crippen LogP contribution in [-0.4, -0.2) is 28.7 Å². The highest BCUT2D eigenvalue weighted by molar-refractivity contribution is 6.31. The van der Waals surface area contributed by atoms with Gasteiger partial charge in [-0.3, -0.25) is 19.3 Å². The number of hydrogen-bond acceptors (Lipinski definition) is 3. The number of nitrogens with zero attached hydrogens (tertiary/aromatic N) is 1. The van der Waals surface area contributed by atoms with E-state index in [1.807, 2.05) is 13.8 Å². The number of rotatable bonds is 5. The number of amides is 3. The molecule has 0 aromatic heterocycles. The molecule has 1 heterocycles. The summed E-state index contributed by atoms with van der Waals surface area (Å²) in [6, 6.07) is 9.60. The number of carbonyl (C=O) groups excluding carboxylic acids is 3. The third-order valence-corrected chi connectivity index (χ3v) is 4.64. The largest absolute Gasteiger partial charge is 0.322 e. The number of anilines is 1. The maximum absolute atomic E-state index is 14.1. The Morgan fingerprint density at radius 1 is 1.07 bits per heavy atom. The Labute approximate surface area is 161 Å². The summed E-state index contributed by atoms with van der Waals surface area (Å²) in [5, 5.41) is 2.33. The molecule has 0 radical (unpaired) electrons. The molecule has 0 saturated carbocycles. The smallest absolute Gasteiger partial charge is 0.262 e. The lowest BCUT2D eigenvalue weighted by Crippen LogP contribution is -2.48. The highest BCUT2D eigenvalue weighted by Crippen LogP contribution is 2.28. The molecule has 0 bridgehead atoms. The highest BCUT2D eigenvalue weighted by Gasteiger charge is 2.42. The number of imide groups is 1. The van der Waals surface area contributed by atoms with Crippen LogP contribution in [0, 0.1) is 11.7 Å². The lowest BCUT2D eigenvalue weighted by Gasteiger charge is -2.26. The molecule has 0 saturated heterocycles. The summed E-state index contributed by atoms with van der Waals surface area (Å²) in [6.45, 7) is 3.75. The molecule has 2 aromatic carbocycles. The molecule has 1 aliphatic rings. The third kappa shape index (κ3) is 3.57. The molecular formula is C20H18ClFN2O3. The molecule has 1 aliphatic heterocycles. The maximum Gasteiger partial charge on any atom is 0.262 e. The standard InChI is InChI=1S/C20H18ClFN2O3/c1-11(2)10-16(18(25)23-15-9-5-8-14(21)17(15)22)24-19(26)12-6-3-4-7-13(12)20(24)27/h3-9,11,16H,10H2,1-2H3,(H,23,25). The quantitative estimate of drug-likeness (QED) is 0.783. The van der Waals surface area contributed by atoms with Crippen molar-refractivity contribution in [1.29, 1.82) is 0 Å². The minimum absolute atomic E-state index is 0.0225. The Hall–Kier alpha value is -2.73. The van der Waals surface area contributed by atoms with Crippen LogP contribution in [0.1, 0.15) is 41.0 Å². The van der Waals surface area contributed by atoms with Crippen LogP contribution in [0.4, 0.5) is 10.1 Å². The van der Waals surface area contributed by atoms with Gasteiger partial charge in [-0.1, -0.05) is 43.6 Å². The summed E-state index contributed by atoms with van der Waals surface area (Å²) >= 11 is 5.75. The topological polar surface area (TPSA) is 66.5 Å². The molecule has 1 unspecified atom stereocenters. The van der Waals surface area contributed by atoms with E-state index in [1.54, 1.807) is 24.3 Å². The molecule has 1 N–H and O–H groups in total. The molecule has 1 atom stereocenters. The van der Waals surface area contributed by atoms with Crippen LogP contribution >= 0.6 is 11.6 Å². The summed E-state index contributed by atoms with van der Waals surface area (Å²) < 4.78 is 14.1. The first-order valence-corrected chi connectivity index (χ1v) is 8.90. The monoisotopic (exact) mass is 388 g/mol. The van der Waals surface area contributed by atoms with E-state index in [0.717, 1.165) is 4.90 Å². The van der Waals surface area contributed by atoms with Gasteiger partial charge in [-0.2, -0.15) is 0 Å². The van der Waals surface area contributed by atoms with E-state index in [4.69, 9.17) is 11.6 Å². The predicted octanol–water partition coefficient (Wildman–Crippen LogP) is 4.13. The molecule has 0 spiro atoms. The molecule has 5 nitrogen and oxygen atoms in total. The van der Waals surface area contributed by atoms with Crippen molar-refractivity contribution in [1.82, 2.24) is 4.90 Å². The van der Waals surface area contributed by atoms with Crippen molar-refractivity contribution in [3.8, 4) is 0 Å². The van der Waals surface area contributed by atoms with E-state index in [9.17, 15) is 18.8 Å². The van der Waals surface area contributed by atoms with Crippen LogP contribution in [0.2, 0.25) is 5.02 Å². The van der Waals surface area contributed by atoms with Gasteiger partial charge in [0.2, 0.25) is 5.91 Å². The van der Waals surface area contributed by atoms with Gasteiger partial charge in [-0.25, -0.2) is 4.39 Å². The number of halogens is 2. The molecule has 3 amide bonds. The van der Waals surface area contributed by atoms with Crippen LogP contribution < -0.4 is 5.32 Å². The molecule has 7 heteroatoms. The van der Waals surface area contributed by atoms with Crippen molar-refractivity contribution in [2.24, 2.45) is 5.92 Å². The number of fused-ring (bicyclic) bond motifs is 1. The Bertz CT molecular complexity index is 894. The van der Waals surface area contributed by atoms with Gasteiger partial charge in [0.1, 0.15) is 6.04 Å². The minimum Gasteiger partial charge on any atom is -0.322 e. The maximum atomic E-state index is 14.1. The zero-order valence-electron chi connectivity index (χ0n) is 14.8. The fourth-order valence-electron chi connectivity index (χ4n) is 3.08. The second kappa shape index (κ2) is 7.48. The number of benzene rings is 2. The van der Waals surface area contributed by atoms with Crippen molar-refractivity contribution in [3.05, 3.63) is 64.4 Å². The average molecular weight is 389 g/mol. The predicted molar refractivity (Wildman–Crippen MR) is 100 cm³/mol. The van der Waals surface area contributed by atoms with E-state index in [2.05, 4.69) is 5.32 Å². The van der Waals surface area contributed by atoms with Crippen LogP contribution in [0.5, 0.6) is 0 Å². The SMILES string of the molecule is CC(C)CC(C(=O)Nc1cccc(Cl)c1F)N1C(=O)c2ccccc2C1=O. The number of nitrogens with one attached hydrogen (secondary N) is 1. The van der Waals surface area contributed by atoms with Gasteiger partial charge in [0, 0.05) is 0 Å². The Morgan fingerprint density at radius 2 is 1.67 bits per heavy atom. The van der Waals surface area contributed by atoms with Crippen LogP contribution in [0.15, 0.2) is 42.5 Å². The van der Waals surface area contributed by atoms with Crippen LogP contribution in [0.3, 0.4) is 0 Å². The minimum atomic E-state index is -1.06. The first kappa shape index (κ1) is 19.0. The second-order valence-corrected chi connectivity index (χ2v) is 7.17. The summed E-state index contributed by atoms with van der Waals surface area (Å²) in [7, 11) is 0. The first-order valence-electron chi connectivity index (χ1n) is 8.53. The van der Waals surface area contributed by atoms with Crippen molar-refractivity contribution in [2.45, 2.75) is 26.3 Å². The Morgan fingerprint density at radius 3 is 2.22 bits per heavy atom. The van der Waals surface area contributed by atoms with Crippen molar-refractivity contribution >= 4 is 35.0 Å². The van der Waals surface area contributed by atoms with E-state index < -0.39 is 29.6 Å². The van der Waals surface area contributed by atoms with Gasteiger partial charge >= 0.3 is 0 Å². The van der Waals surface area contributed by atoms with Crippen molar-refractivity contribution in [3.63, 3.8) is 0 Å². The first-order chi connectivity index (χ1) is 12.8. The highest BCUT2D eigenvalue weighted by atomic mass is 35.5. The summed E-state index contributed by atoms with van der Waals surface area (Å²) in [6.07, 6.45) is 0.249. The second-order valence-electron chi connectivity index (χ2n) is 6.76. The van der Waals surface area contributed by atoms with E-state index >= 15 is 0 Å². The summed E-state index contributed by atoms with van der Waals surface area (Å²) in [4.78, 5) is 39.3. The van der Waals surface area contributed by atoms with Gasteiger partial charge in [-0.15, -0.1) is 0 Å². The lowest BCUT2D eigenvalue weighted by atomic mass is 10.0. The van der Waals surface area contributed by atoms with Crippen molar-refractivity contribution in [2.75, 3.05) is 5.32 Å². The number of hydrogen-bond donors (Lipinski definition) is 1. The zero-order chi connectivity index (χ0) is 19.7. The third-order valence-electron chi connectivity index (χ3n) is 4.34. The summed E-state index contributed by atoms with van der Waals surface area (Å²) in [5.41, 5.74) is 0.425. The molecule has 27 heavy (non-hydrogen) atoms. The van der Waals surface area contributed by atoms with Gasteiger partial charge < -0.3 is 5.32 Å². The molecule has 0 fully saturated rings. The zero-order valence-corrected chi connectivity index (χ0v) is 15.6. The molecule has 3 rings (SSSR count). The Balaban J connectivity index is 1.93. The van der Waals surface area contributed by atoms with Crippen molar-refractivity contribution < 1.29 is 18.8 Å². The number of carbonyl (C=O) groups is 3. The van der Waals surface area contributed by atoms with Crippen LogP contribution in [0.25, 0.3) is 0 Å². The molecule has 0 aliphatic carbocycles. The van der Waals surface area contributed by atoms with Gasteiger partial charge in [0.25, 0.3) is 11.8 Å². The normalized spacial score (nSPS) is 14.5. The van der Waals surface area contributed by atoms with E-state index in [0.29, 0.717) is 0 Å². The fourth-order valence-corrected chi connectivity index (χ4v) is 3.26. The molecule has 140 valence electrons. The fraction of sp³-hybridized carbons (Fsp3) is 0.250. The van der Waals surface area contributed by atoms with Gasteiger partial charge in [0.05, 0.1) is 21.8 Å². The lowest BCUT2D eigenvalue weighted by molar-refractivity contribution is -0.120. The van der Waals surface area contributed by atoms with E-state index in [1.165, 1.54) is 18.2 Å². The molecule has 2 aromatic rings. The van der Waals surface area contributed by atoms with E-state index in [-0.39, 0.29) is 34.2 Å². The summed E-state index contributed by atoms with van der Waals surface area (Å²) in [5.74, 6) is -2.43. The molecular weight excluding hydrogens is 371 g/mol. The Kier molecular flexibility index (Phi) is 5.28. The van der Waals surface area contributed by atoms with Crippen LogP contribution in [-0.2, 0) is 4.79 Å². The van der Waals surface area contributed by atoms with Gasteiger partial charge in [-0.05, 0) is 36.6 Å².